The lowest BCUT2D eigenvalue weighted by molar-refractivity contribution is -0.217. The molecule has 21 heavy (non-hydrogen) atoms. The second-order valence-electron chi connectivity index (χ2n) is 5.42. The van der Waals surface area contributed by atoms with Gasteiger partial charge in [-0.15, -0.1) is 0 Å². The van der Waals surface area contributed by atoms with E-state index in [4.69, 9.17) is 17.0 Å². The van der Waals surface area contributed by atoms with E-state index in [0.717, 1.165) is 0 Å². The fourth-order valence-electron chi connectivity index (χ4n) is 3.32. The van der Waals surface area contributed by atoms with E-state index in [1.807, 2.05) is 0 Å². The highest BCUT2D eigenvalue weighted by molar-refractivity contribution is 7.80. The number of thiocarbonyl (C=S) groups is 1. The van der Waals surface area contributed by atoms with Crippen LogP contribution in [0, 0.1) is 11.7 Å². The number of ether oxygens (including phenoxy) is 1. The number of benzene rings is 1. The predicted octanol–water partition coefficient (Wildman–Crippen LogP) is 3.31. The van der Waals surface area contributed by atoms with Crippen LogP contribution in [0.3, 0.4) is 0 Å². The van der Waals surface area contributed by atoms with Crippen LogP contribution in [0.4, 0.5) is 17.6 Å². The molecule has 0 aliphatic carbocycles. The van der Waals surface area contributed by atoms with Crippen LogP contribution < -0.4 is 5.32 Å². The van der Waals surface area contributed by atoms with Crippen LogP contribution >= 0.6 is 12.2 Å². The van der Waals surface area contributed by atoms with Gasteiger partial charge in [-0.1, -0.05) is 30.4 Å². The van der Waals surface area contributed by atoms with Gasteiger partial charge in [0.25, 0.3) is 0 Å². The third-order valence-electron chi connectivity index (χ3n) is 4.21. The Morgan fingerprint density at radius 1 is 1.29 bits per heavy atom. The normalized spacial score (nSPS) is 32.7. The summed E-state index contributed by atoms with van der Waals surface area (Å²) in [6.07, 6.45) is -5.79. The minimum Gasteiger partial charge on any atom is -0.367 e. The summed E-state index contributed by atoms with van der Waals surface area (Å²) in [5.41, 5.74) is -1.05. The first kappa shape index (κ1) is 14.7. The zero-order chi connectivity index (χ0) is 15.3. The highest BCUT2D eigenvalue weighted by Gasteiger charge is 2.61. The van der Waals surface area contributed by atoms with Crippen LogP contribution in [0.1, 0.15) is 18.4 Å². The van der Waals surface area contributed by atoms with Crippen molar-refractivity contribution in [2.24, 2.45) is 5.92 Å². The Balaban J connectivity index is 2.08. The maximum Gasteiger partial charge on any atom is 0.414 e. The van der Waals surface area contributed by atoms with E-state index in [0.29, 0.717) is 11.4 Å². The van der Waals surface area contributed by atoms with Gasteiger partial charge in [0.15, 0.2) is 6.10 Å². The van der Waals surface area contributed by atoms with Gasteiger partial charge >= 0.3 is 6.18 Å². The number of hydrogen-bond acceptors (Lipinski definition) is 2. The molecule has 2 saturated heterocycles. The second-order valence-corrected chi connectivity index (χ2v) is 5.91. The molecular weight excluding hydrogens is 306 g/mol. The topological polar surface area (TPSA) is 21.3 Å². The molecule has 2 nitrogen and oxygen atoms in total. The van der Waals surface area contributed by atoms with Gasteiger partial charge in [0, 0.05) is 11.5 Å². The van der Waals surface area contributed by atoms with Crippen molar-refractivity contribution in [3.8, 4) is 0 Å². The van der Waals surface area contributed by atoms with Crippen LogP contribution in [-0.4, -0.2) is 23.9 Å². The van der Waals surface area contributed by atoms with Crippen molar-refractivity contribution >= 4 is 17.2 Å². The van der Waals surface area contributed by atoms with E-state index in [-0.39, 0.29) is 18.6 Å². The predicted molar refractivity (Wildman–Crippen MR) is 72.3 cm³/mol. The summed E-state index contributed by atoms with van der Waals surface area (Å²) >= 11 is 5.11. The fraction of sp³-hybridized carbons (Fsp3) is 0.500. The zero-order valence-corrected chi connectivity index (χ0v) is 11.7. The van der Waals surface area contributed by atoms with Crippen LogP contribution in [0.5, 0.6) is 0 Å². The number of rotatable bonds is 1. The summed E-state index contributed by atoms with van der Waals surface area (Å²) in [5, 5.41) is 2.92. The first-order valence-corrected chi connectivity index (χ1v) is 7.00. The van der Waals surface area contributed by atoms with E-state index in [1.54, 1.807) is 6.07 Å². The number of piperidine rings is 1. The molecule has 0 radical (unpaired) electrons. The summed E-state index contributed by atoms with van der Waals surface area (Å²) < 4.78 is 58.6. The van der Waals surface area contributed by atoms with Crippen molar-refractivity contribution in [3.05, 3.63) is 35.6 Å². The van der Waals surface area contributed by atoms with Crippen molar-refractivity contribution in [2.75, 3.05) is 6.61 Å². The van der Waals surface area contributed by atoms with Crippen LogP contribution in [0.25, 0.3) is 0 Å². The Morgan fingerprint density at radius 3 is 2.67 bits per heavy atom. The lowest BCUT2D eigenvalue weighted by atomic mass is 9.73. The van der Waals surface area contributed by atoms with Crippen molar-refractivity contribution in [2.45, 2.75) is 30.7 Å². The smallest absolute Gasteiger partial charge is 0.367 e. The molecule has 1 N–H and O–H groups in total. The molecule has 2 aliphatic heterocycles. The molecule has 0 spiro atoms. The van der Waals surface area contributed by atoms with Gasteiger partial charge in [0.2, 0.25) is 0 Å². The summed E-state index contributed by atoms with van der Waals surface area (Å²) in [5.74, 6) is -1.44. The maximum atomic E-state index is 14.1. The first-order valence-electron chi connectivity index (χ1n) is 6.59. The molecule has 1 aromatic carbocycles. The molecule has 3 rings (SSSR count). The highest BCUT2D eigenvalue weighted by atomic mass is 32.1. The van der Waals surface area contributed by atoms with Gasteiger partial charge in [0.05, 0.1) is 17.1 Å². The summed E-state index contributed by atoms with van der Waals surface area (Å²) in [4.78, 5) is 0.445. The number of halogens is 4. The van der Waals surface area contributed by atoms with Crippen LogP contribution in [0.15, 0.2) is 24.3 Å². The van der Waals surface area contributed by atoms with Gasteiger partial charge in [-0.2, -0.15) is 13.2 Å². The maximum absolute atomic E-state index is 14.1. The Morgan fingerprint density at radius 2 is 2.00 bits per heavy atom. The fourth-order valence-corrected chi connectivity index (χ4v) is 3.62. The van der Waals surface area contributed by atoms with Gasteiger partial charge < -0.3 is 10.1 Å². The molecule has 1 unspecified atom stereocenters. The molecule has 2 fully saturated rings. The minimum atomic E-state index is -4.47. The molecule has 0 aromatic heterocycles. The van der Waals surface area contributed by atoms with Crippen LogP contribution in [0.2, 0.25) is 0 Å². The first-order chi connectivity index (χ1) is 9.84. The average Bonchev–Trinajstić information content (AvgIpc) is 2.78. The molecule has 0 bridgehead atoms. The number of hydrogen-bond donors (Lipinski definition) is 1. The van der Waals surface area contributed by atoms with Crippen molar-refractivity contribution in [1.82, 2.24) is 5.32 Å². The number of alkyl halides is 3. The van der Waals surface area contributed by atoms with E-state index in [9.17, 15) is 17.6 Å². The number of fused-ring (bicyclic) bond motifs is 1. The van der Waals surface area contributed by atoms with Gasteiger partial charge in [-0.25, -0.2) is 4.39 Å². The van der Waals surface area contributed by atoms with Gasteiger partial charge in [-0.3, -0.25) is 0 Å². The van der Waals surface area contributed by atoms with E-state index in [2.05, 4.69) is 5.32 Å². The Hall–Kier alpha value is -1.21. The summed E-state index contributed by atoms with van der Waals surface area (Å²) in [6.45, 7) is -0.247. The lowest BCUT2D eigenvalue weighted by Crippen LogP contribution is -2.56. The highest BCUT2D eigenvalue weighted by Crippen LogP contribution is 2.49. The Labute approximate surface area is 124 Å². The van der Waals surface area contributed by atoms with Crippen LogP contribution in [-0.2, 0) is 10.3 Å². The summed E-state index contributed by atoms with van der Waals surface area (Å²) in [6, 6.07) is 5.83. The molecule has 2 aliphatic rings. The standard InChI is InChI=1S/C14H13F4NOS/c15-10-4-2-1-3-8(10)13-7-20-12(14(16,17)18)9(13)5-6-11(21)19-13/h1-4,9,12H,5-7H2,(H,19,21)/t9-,12+,13?/m1/s1. The average molecular weight is 319 g/mol. The molecule has 0 amide bonds. The summed E-state index contributed by atoms with van der Waals surface area (Å²) in [7, 11) is 0. The van der Waals surface area contributed by atoms with E-state index < -0.39 is 29.6 Å². The monoisotopic (exact) mass is 319 g/mol. The Bertz CT molecular complexity index is 576. The van der Waals surface area contributed by atoms with Crippen molar-refractivity contribution in [1.29, 1.82) is 0 Å². The third-order valence-corrected chi connectivity index (χ3v) is 4.52. The third kappa shape index (κ3) is 2.32. The minimum absolute atomic E-state index is 0.184. The lowest BCUT2D eigenvalue weighted by Gasteiger charge is -2.41. The molecule has 0 saturated carbocycles. The van der Waals surface area contributed by atoms with Gasteiger partial charge in [-0.05, 0) is 18.9 Å². The molecule has 1 aromatic rings. The van der Waals surface area contributed by atoms with Gasteiger partial charge in [0.1, 0.15) is 5.82 Å². The molecular formula is C14H13F4NOS. The molecule has 2 heterocycles. The van der Waals surface area contributed by atoms with E-state index >= 15 is 0 Å². The molecule has 114 valence electrons. The second kappa shape index (κ2) is 4.91. The molecule has 7 heteroatoms. The van der Waals surface area contributed by atoms with Crippen molar-refractivity contribution < 1.29 is 22.3 Å². The number of nitrogens with one attached hydrogen (secondary N) is 1. The quantitative estimate of drug-likeness (QED) is 0.634. The van der Waals surface area contributed by atoms with E-state index in [1.165, 1.54) is 18.2 Å². The van der Waals surface area contributed by atoms with Crippen molar-refractivity contribution in [3.63, 3.8) is 0 Å². The Kier molecular flexibility index (Phi) is 3.44. The zero-order valence-electron chi connectivity index (χ0n) is 10.9. The SMILES string of the molecule is Fc1ccccc1C12CO[C@H](C(F)(F)F)[C@H]1CCC(=S)N2. The molecule has 3 atom stereocenters. The largest absolute Gasteiger partial charge is 0.414 e.